The second kappa shape index (κ2) is 7.10. The zero-order valence-electron chi connectivity index (χ0n) is 14.9. The first-order valence-electron chi connectivity index (χ1n) is 9.16. The van der Waals surface area contributed by atoms with Crippen molar-refractivity contribution in [3.05, 3.63) is 42.2 Å². The number of aryl methyl sites for hydroxylation is 1. The SMILES string of the molecule is CC[NH+]1CCC(Nc2ncnc3sc(-c4ccccc4)c(C)c23)CC1. The van der Waals surface area contributed by atoms with Crippen molar-refractivity contribution in [2.24, 2.45) is 0 Å². The van der Waals surface area contributed by atoms with Crippen LogP contribution in [-0.4, -0.2) is 35.6 Å². The molecular weight excluding hydrogens is 328 g/mol. The molecule has 130 valence electrons. The molecule has 0 unspecified atom stereocenters. The largest absolute Gasteiger partial charge is 0.366 e. The predicted molar refractivity (Wildman–Crippen MR) is 105 cm³/mol. The molecule has 1 aromatic carbocycles. The van der Waals surface area contributed by atoms with Gasteiger partial charge in [-0.05, 0) is 25.0 Å². The van der Waals surface area contributed by atoms with E-state index >= 15 is 0 Å². The van der Waals surface area contributed by atoms with E-state index in [9.17, 15) is 0 Å². The zero-order chi connectivity index (χ0) is 17.2. The van der Waals surface area contributed by atoms with Gasteiger partial charge in [-0.3, -0.25) is 0 Å². The van der Waals surface area contributed by atoms with Gasteiger partial charge in [0.2, 0.25) is 0 Å². The Balaban J connectivity index is 1.65. The van der Waals surface area contributed by atoms with E-state index in [1.165, 1.54) is 53.9 Å². The lowest BCUT2D eigenvalue weighted by Crippen LogP contribution is -3.13. The van der Waals surface area contributed by atoms with Gasteiger partial charge in [0.15, 0.2) is 0 Å². The highest BCUT2D eigenvalue weighted by Gasteiger charge is 2.23. The second-order valence-electron chi connectivity index (χ2n) is 6.85. The average Bonchev–Trinajstić information content (AvgIpc) is 3.01. The van der Waals surface area contributed by atoms with Crippen molar-refractivity contribution in [2.45, 2.75) is 32.7 Å². The van der Waals surface area contributed by atoms with Crippen molar-refractivity contribution in [1.29, 1.82) is 0 Å². The molecule has 0 aliphatic carbocycles. The number of benzene rings is 1. The first-order valence-corrected chi connectivity index (χ1v) is 9.97. The Morgan fingerprint density at radius 3 is 2.64 bits per heavy atom. The van der Waals surface area contributed by atoms with Crippen LogP contribution in [0.5, 0.6) is 0 Å². The molecular formula is C20H25N4S+. The van der Waals surface area contributed by atoms with E-state index in [1.54, 1.807) is 22.6 Å². The number of fused-ring (bicyclic) bond motifs is 1. The lowest BCUT2D eigenvalue weighted by molar-refractivity contribution is -0.903. The Morgan fingerprint density at radius 2 is 1.92 bits per heavy atom. The minimum atomic E-state index is 0.521. The van der Waals surface area contributed by atoms with Gasteiger partial charge in [0.05, 0.1) is 25.0 Å². The van der Waals surface area contributed by atoms with Crippen LogP contribution in [0.3, 0.4) is 0 Å². The van der Waals surface area contributed by atoms with Gasteiger partial charge in [0, 0.05) is 23.8 Å². The maximum absolute atomic E-state index is 4.59. The zero-order valence-corrected chi connectivity index (χ0v) is 15.7. The Hall–Kier alpha value is -1.98. The Kier molecular flexibility index (Phi) is 4.68. The molecule has 0 saturated carbocycles. The molecule has 1 fully saturated rings. The molecule has 0 spiro atoms. The van der Waals surface area contributed by atoms with Gasteiger partial charge < -0.3 is 10.2 Å². The van der Waals surface area contributed by atoms with Crippen LogP contribution in [0.15, 0.2) is 36.7 Å². The Labute approximate surface area is 152 Å². The summed E-state index contributed by atoms with van der Waals surface area (Å²) in [6.45, 7) is 8.20. The van der Waals surface area contributed by atoms with Crippen LogP contribution >= 0.6 is 11.3 Å². The highest BCUT2D eigenvalue weighted by molar-refractivity contribution is 7.22. The summed E-state index contributed by atoms with van der Waals surface area (Å²) in [5, 5.41) is 4.91. The van der Waals surface area contributed by atoms with E-state index < -0.39 is 0 Å². The molecule has 1 aliphatic heterocycles. The van der Waals surface area contributed by atoms with Gasteiger partial charge in [-0.15, -0.1) is 11.3 Å². The molecule has 0 amide bonds. The minimum absolute atomic E-state index is 0.521. The summed E-state index contributed by atoms with van der Waals surface area (Å²) in [5.41, 5.74) is 2.54. The topological polar surface area (TPSA) is 42.2 Å². The number of hydrogen-bond acceptors (Lipinski definition) is 4. The lowest BCUT2D eigenvalue weighted by atomic mass is 10.0. The highest BCUT2D eigenvalue weighted by atomic mass is 32.1. The van der Waals surface area contributed by atoms with E-state index in [4.69, 9.17) is 0 Å². The van der Waals surface area contributed by atoms with Crippen LogP contribution in [0.25, 0.3) is 20.7 Å². The van der Waals surface area contributed by atoms with Crippen molar-refractivity contribution >= 4 is 27.4 Å². The molecule has 3 aromatic rings. The molecule has 3 heterocycles. The van der Waals surface area contributed by atoms with Crippen LogP contribution in [0, 0.1) is 6.92 Å². The monoisotopic (exact) mass is 353 g/mol. The van der Waals surface area contributed by atoms with E-state index in [2.05, 4.69) is 59.5 Å². The van der Waals surface area contributed by atoms with Crippen LogP contribution < -0.4 is 10.2 Å². The molecule has 0 bridgehead atoms. The maximum atomic E-state index is 4.59. The number of quaternary nitrogens is 1. The van der Waals surface area contributed by atoms with Crippen molar-refractivity contribution in [3.63, 3.8) is 0 Å². The molecule has 0 atom stereocenters. The van der Waals surface area contributed by atoms with Gasteiger partial charge in [0.1, 0.15) is 17.0 Å². The summed E-state index contributed by atoms with van der Waals surface area (Å²) in [4.78, 5) is 13.2. The Morgan fingerprint density at radius 1 is 1.16 bits per heavy atom. The fourth-order valence-corrected chi connectivity index (χ4v) is 4.92. The van der Waals surface area contributed by atoms with Gasteiger partial charge in [-0.25, -0.2) is 9.97 Å². The first kappa shape index (κ1) is 16.5. The van der Waals surface area contributed by atoms with E-state index in [-0.39, 0.29) is 0 Å². The average molecular weight is 354 g/mol. The van der Waals surface area contributed by atoms with Crippen molar-refractivity contribution < 1.29 is 4.90 Å². The summed E-state index contributed by atoms with van der Waals surface area (Å²) in [5.74, 6) is 1.01. The molecule has 4 rings (SSSR count). The molecule has 25 heavy (non-hydrogen) atoms. The van der Waals surface area contributed by atoms with Crippen molar-refractivity contribution in [2.75, 3.05) is 25.0 Å². The normalized spacial score (nSPS) is 20.7. The van der Waals surface area contributed by atoms with Crippen LogP contribution in [0.4, 0.5) is 5.82 Å². The van der Waals surface area contributed by atoms with Gasteiger partial charge in [-0.2, -0.15) is 0 Å². The number of piperidine rings is 1. The fraction of sp³-hybridized carbons (Fsp3) is 0.400. The third-order valence-electron chi connectivity index (χ3n) is 5.30. The third-order valence-corrected chi connectivity index (χ3v) is 6.55. The van der Waals surface area contributed by atoms with E-state index in [0.717, 1.165) is 10.6 Å². The maximum Gasteiger partial charge on any atom is 0.138 e. The highest BCUT2D eigenvalue weighted by Crippen LogP contribution is 2.39. The molecule has 2 N–H and O–H groups in total. The number of rotatable bonds is 4. The number of likely N-dealkylation sites (tertiary alicyclic amines) is 1. The molecule has 1 aliphatic rings. The fourth-order valence-electron chi connectivity index (χ4n) is 3.76. The van der Waals surface area contributed by atoms with Crippen molar-refractivity contribution in [3.8, 4) is 10.4 Å². The number of thiophene rings is 1. The summed E-state index contributed by atoms with van der Waals surface area (Å²) in [7, 11) is 0. The second-order valence-corrected chi connectivity index (χ2v) is 7.85. The van der Waals surface area contributed by atoms with Gasteiger partial charge >= 0.3 is 0 Å². The number of hydrogen-bond donors (Lipinski definition) is 2. The predicted octanol–water partition coefficient (Wildman–Crippen LogP) is 3.15. The number of aromatic nitrogens is 2. The van der Waals surface area contributed by atoms with Crippen LogP contribution in [0.1, 0.15) is 25.3 Å². The van der Waals surface area contributed by atoms with Gasteiger partial charge in [0.25, 0.3) is 0 Å². The third kappa shape index (κ3) is 3.26. The van der Waals surface area contributed by atoms with E-state index in [1.807, 2.05) is 0 Å². The van der Waals surface area contributed by atoms with Crippen LogP contribution in [0.2, 0.25) is 0 Å². The Bertz CT molecular complexity index is 851. The lowest BCUT2D eigenvalue weighted by Gasteiger charge is -2.29. The number of nitrogens with one attached hydrogen (secondary N) is 2. The summed E-state index contributed by atoms with van der Waals surface area (Å²) in [6.07, 6.45) is 4.12. The van der Waals surface area contributed by atoms with Crippen LogP contribution in [-0.2, 0) is 0 Å². The molecule has 0 radical (unpaired) electrons. The van der Waals surface area contributed by atoms with Gasteiger partial charge in [-0.1, -0.05) is 30.3 Å². The number of nitrogens with zero attached hydrogens (tertiary/aromatic N) is 2. The summed E-state index contributed by atoms with van der Waals surface area (Å²) < 4.78 is 0. The standard InChI is InChI=1S/C20H24N4S/c1-3-24-11-9-16(10-12-24)23-19-17-14(2)18(15-7-5-4-6-8-15)25-20(17)22-13-21-19/h4-8,13,16H,3,9-12H2,1-2H3,(H,21,22,23)/p+1. The minimum Gasteiger partial charge on any atom is -0.366 e. The quantitative estimate of drug-likeness (QED) is 0.757. The van der Waals surface area contributed by atoms with Crippen molar-refractivity contribution in [1.82, 2.24) is 9.97 Å². The summed E-state index contributed by atoms with van der Waals surface area (Å²) >= 11 is 1.76. The molecule has 2 aromatic heterocycles. The first-order chi connectivity index (χ1) is 12.3. The molecule has 1 saturated heterocycles. The smallest absolute Gasteiger partial charge is 0.138 e. The molecule has 4 nitrogen and oxygen atoms in total. The number of anilines is 1. The van der Waals surface area contributed by atoms with E-state index in [0.29, 0.717) is 6.04 Å². The molecule has 5 heteroatoms. The summed E-state index contributed by atoms with van der Waals surface area (Å²) in [6, 6.07) is 11.1.